The van der Waals surface area contributed by atoms with E-state index < -0.39 is 7.14 Å². The highest BCUT2D eigenvalue weighted by Crippen LogP contribution is 2.49. The number of nitrogens with zero attached hydrogens (tertiary/aromatic N) is 2. The summed E-state index contributed by atoms with van der Waals surface area (Å²) in [5.74, 6) is 0. The van der Waals surface area contributed by atoms with Crippen LogP contribution in [0, 0.1) is 0 Å². The van der Waals surface area contributed by atoms with Crippen molar-refractivity contribution in [3.8, 4) is 0 Å². The molecule has 0 amide bonds. The first-order valence-electron chi connectivity index (χ1n) is 18.1. The van der Waals surface area contributed by atoms with Crippen molar-refractivity contribution in [2.45, 2.75) is 0 Å². The summed E-state index contributed by atoms with van der Waals surface area (Å²) in [7, 11) is -3.45. The average molecular weight is 693 g/mol. The van der Waals surface area contributed by atoms with Gasteiger partial charge in [-0.1, -0.05) is 146 Å². The number of benzene rings is 10. The van der Waals surface area contributed by atoms with Crippen LogP contribution in [-0.4, -0.2) is 9.38 Å². The van der Waals surface area contributed by atoms with Crippen molar-refractivity contribution in [1.29, 1.82) is 0 Å². The molecule has 0 bridgehead atoms. The van der Waals surface area contributed by atoms with E-state index in [1.807, 2.05) is 30.3 Å². The molecular weight excluding hydrogens is 664 g/mol. The highest BCUT2D eigenvalue weighted by molar-refractivity contribution is 7.86. The van der Waals surface area contributed by atoms with Crippen LogP contribution in [-0.2, 0) is 4.57 Å². The van der Waals surface area contributed by atoms with Gasteiger partial charge in [0.2, 0.25) is 0 Å². The molecule has 3 nitrogen and oxygen atoms in total. The van der Waals surface area contributed by atoms with E-state index >= 15 is 4.57 Å². The molecule has 246 valence electrons. The van der Waals surface area contributed by atoms with Crippen molar-refractivity contribution in [2.75, 3.05) is 0 Å². The summed E-state index contributed by atoms with van der Waals surface area (Å²) in [5, 5.41) is 17.3. The second-order valence-corrected chi connectivity index (χ2v) is 16.9. The second kappa shape index (κ2) is 10.5. The molecule has 4 heteroatoms. The molecule has 1 unspecified atom stereocenters. The maximum absolute atomic E-state index is 16.7. The first-order chi connectivity index (χ1) is 26.2. The van der Waals surface area contributed by atoms with Gasteiger partial charge in [0.15, 0.2) is 7.14 Å². The zero-order chi connectivity index (χ0) is 34.8. The molecule has 53 heavy (non-hydrogen) atoms. The van der Waals surface area contributed by atoms with Crippen molar-refractivity contribution in [1.82, 2.24) is 9.38 Å². The fourth-order valence-electron chi connectivity index (χ4n) is 9.19. The van der Waals surface area contributed by atoms with Crippen LogP contribution < -0.4 is 15.9 Å². The third kappa shape index (κ3) is 3.84. The molecule has 0 aliphatic rings. The summed E-state index contributed by atoms with van der Waals surface area (Å²) in [6, 6.07) is 62.0. The van der Waals surface area contributed by atoms with Crippen molar-refractivity contribution >= 4 is 115 Å². The van der Waals surface area contributed by atoms with E-state index in [4.69, 9.17) is 4.98 Å². The minimum Gasteiger partial charge on any atom is -0.309 e. The maximum atomic E-state index is 16.7. The van der Waals surface area contributed by atoms with Crippen molar-refractivity contribution in [2.24, 2.45) is 0 Å². The van der Waals surface area contributed by atoms with Gasteiger partial charge in [0.25, 0.3) is 0 Å². The Morgan fingerprint density at radius 2 is 1.00 bits per heavy atom. The monoisotopic (exact) mass is 692 g/mol. The van der Waals surface area contributed by atoms with Crippen LogP contribution in [0.1, 0.15) is 0 Å². The Morgan fingerprint density at radius 3 is 1.85 bits per heavy atom. The molecule has 0 saturated heterocycles. The zero-order valence-electron chi connectivity index (χ0n) is 28.5. The molecule has 0 spiro atoms. The SMILES string of the molecule is O=P(c1ccccc1)(c1cccc2c1ccc1c3cc4ccccc4cc3n3c4ccccc4nc3c21)c1ccc2ccc3cccc4ccc1c2c34. The van der Waals surface area contributed by atoms with Gasteiger partial charge < -0.3 is 4.57 Å². The van der Waals surface area contributed by atoms with Gasteiger partial charge in [-0.15, -0.1) is 0 Å². The quantitative estimate of drug-likeness (QED) is 0.105. The number of hydrogen-bond donors (Lipinski definition) is 0. The molecule has 0 saturated carbocycles. The Hall–Kier alpha value is -6.54. The lowest BCUT2D eigenvalue weighted by atomic mass is 9.94. The number of imidazole rings is 1. The minimum atomic E-state index is -3.45. The molecule has 0 aliphatic carbocycles. The van der Waals surface area contributed by atoms with Gasteiger partial charge in [0.05, 0.1) is 16.6 Å². The van der Waals surface area contributed by atoms with Crippen molar-refractivity contribution < 1.29 is 4.57 Å². The third-order valence-electron chi connectivity index (χ3n) is 11.5. The highest BCUT2D eigenvalue weighted by atomic mass is 31.2. The maximum Gasteiger partial charge on any atom is 0.172 e. The van der Waals surface area contributed by atoms with Gasteiger partial charge in [-0.2, -0.15) is 0 Å². The Kier molecular flexibility index (Phi) is 5.77. The standard InChI is InChI=1S/C49H29N2OP/c52-53(35-14-2-1-3-15-35,45-27-23-32-21-20-30-12-8-13-31-22-24-39(45)47(32)46(30)31)44-19-9-16-37-36(44)25-26-38-40-28-33-10-4-5-11-34(33)29-43(40)51-42-18-7-6-17-41(42)50-49(51)48(37)38/h1-29H. The fourth-order valence-corrected chi connectivity index (χ4v) is 12.2. The first-order valence-corrected chi connectivity index (χ1v) is 19.8. The number of rotatable bonds is 3. The predicted octanol–water partition coefficient (Wildman–Crippen LogP) is 11.6. The number of fused-ring (bicyclic) bond motifs is 11. The van der Waals surface area contributed by atoms with Crippen LogP contribution in [0.5, 0.6) is 0 Å². The van der Waals surface area contributed by atoms with E-state index in [1.165, 1.54) is 37.7 Å². The molecule has 0 aliphatic heterocycles. The third-order valence-corrected chi connectivity index (χ3v) is 14.7. The Morgan fingerprint density at radius 1 is 0.396 bits per heavy atom. The number of pyridine rings is 1. The molecule has 2 aromatic heterocycles. The summed E-state index contributed by atoms with van der Waals surface area (Å²) in [6.45, 7) is 0. The van der Waals surface area contributed by atoms with Crippen LogP contribution in [0.4, 0.5) is 0 Å². The largest absolute Gasteiger partial charge is 0.309 e. The predicted molar refractivity (Wildman–Crippen MR) is 226 cm³/mol. The molecule has 2 heterocycles. The van der Waals surface area contributed by atoms with Gasteiger partial charge in [0.1, 0.15) is 5.65 Å². The molecular formula is C49H29N2OP. The summed E-state index contributed by atoms with van der Waals surface area (Å²) in [4.78, 5) is 5.31. The van der Waals surface area contributed by atoms with E-state index in [1.54, 1.807) is 0 Å². The van der Waals surface area contributed by atoms with Crippen LogP contribution >= 0.6 is 7.14 Å². The van der Waals surface area contributed by atoms with Crippen LogP contribution in [0.3, 0.4) is 0 Å². The molecule has 0 N–H and O–H groups in total. The topological polar surface area (TPSA) is 34.4 Å². The van der Waals surface area contributed by atoms with Gasteiger partial charge >= 0.3 is 0 Å². The van der Waals surface area contributed by atoms with Crippen molar-refractivity contribution in [3.05, 3.63) is 176 Å². The molecule has 12 aromatic rings. The van der Waals surface area contributed by atoms with E-state index in [2.05, 4.69) is 150 Å². The van der Waals surface area contributed by atoms with E-state index in [0.717, 1.165) is 70.4 Å². The average Bonchev–Trinajstić information content (AvgIpc) is 3.61. The van der Waals surface area contributed by atoms with Gasteiger partial charge in [0, 0.05) is 26.7 Å². The van der Waals surface area contributed by atoms with Gasteiger partial charge in [-0.05, 0) is 89.6 Å². The Bertz CT molecular complexity index is 3530. The molecule has 10 aromatic carbocycles. The number of hydrogen-bond acceptors (Lipinski definition) is 2. The summed E-state index contributed by atoms with van der Waals surface area (Å²) in [5.41, 5.74) is 4.05. The smallest absolute Gasteiger partial charge is 0.172 e. The first kappa shape index (κ1) is 29.1. The number of para-hydroxylation sites is 2. The Labute approximate surface area is 304 Å². The zero-order valence-corrected chi connectivity index (χ0v) is 29.4. The Balaban J connectivity index is 1.25. The van der Waals surface area contributed by atoms with Crippen LogP contribution in [0.15, 0.2) is 176 Å². The van der Waals surface area contributed by atoms with E-state index in [0.29, 0.717) is 0 Å². The van der Waals surface area contributed by atoms with Gasteiger partial charge in [-0.25, -0.2) is 4.98 Å². The lowest BCUT2D eigenvalue weighted by molar-refractivity contribution is 0.593. The molecule has 0 radical (unpaired) electrons. The van der Waals surface area contributed by atoms with E-state index in [9.17, 15) is 0 Å². The summed E-state index contributed by atoms with van der Waals surface area (Å²) >= 11 is 0. The fraction of sp³-hybridized carbons (Fsp3) is 0. The summed E-state index contributed by atoms with van der Waals surface area (Å²) < 4.78 is 19.0. The molecule has 1 atom stereocenters. The molecule has 0 fully saturated rings. The minimum absolute atomic E-state index is 0.823. The lowest BCUT2D eigenvalue weighted by Crippen LogP contribution is -2.26. The van der Waals surface area contributed by atoms with Crippen molar-refractivity contribution in [3.63, 3.8) is 0 Å². The second-order valence-electron chi connectivity index (χ2n) is 14.2. The van der Waals surface area contributed by atoms with Gasteiger partial charge in [-0.3, -0.25) is 4.40 Å². The summed E-state index contributed by atoms with van der Waals surface area (Å²) in [6.07, 6.45) is 0. The molecule has 12 rings (SSSR count). The highest BCUT2D eigenvalue weighted by Gasteiger charge is 2.34. The lowest BCUT2D eigenvalue weighted by Gasteiger charge is -2.25. The van der Waals surface area contributed by atoms with Crippen LogP contribution in [0.25, 0.3) is 92.2 Å². The van der Waals surface area contributed by atoms with E-state index in [-0.39, 0.29) is 0 Å². The van der Waals surface area contributed by atoms with Crippen LogP contribution in [0.2, 0.25) is 0 Å². The normalized spacial score (nSPS) is 13.5. The number of aromatic nitrogens is 2.